The molecule has 0 radical (unpaired) electrons. The third-order valence-corrected chi connectivity index (χ3v) is 2.17. The van der Waals surface area contributed by atoms with Crippen molar-refractivity contribution in [3.63, 3.8) is 0 Å². The highest BCUT2D eigenvalue weighted by atomic mass is 35.5. The molecule has 0 aliphatic carbocycles. The van der Waals surface area contributed by atoms with Crippen molar-refractivity contribution in [2.45, 2.75) is 0 Å². The summed E-state index contributed by atoms with van der Waals surface area (Å²) < 4.78 is 31.1. The Kier molecular flexibility index (Phi) is 3.52. The Morgan fingerprint density at radius 3 is 2.50 bits per heavy atom. The molecular formula is C9H10ClF2NO. The fraction of sp³-hybridized carbons (Fsp3) is 0.333. The van der Waals surface area contributed by atoms with E-state index in [0.717, 1.165) is 12.1 Å². The first kappa shape index (κ1) is 11.0. The van der Waals surface area contributed by atoms with Gasteiger partial charge < -0.3 is 9.64 Å². The van der Waals surface area contributed by atoms with Crippen LogP contribution in [0.4, 0.5) is 14.5 Å². The van der Waals surface area contributed by atoms with Crippen molar-refractivity contribution in [1.82, 2.24) is 0 Å². The van der Waals surface area contributed by atoms with Crippen molar-refractivity contribution in [2.75, 3.05) is 25.1 Å². The van der Waals surface area contributed by atoms with E-state index in [-0.39, 0.29) is 17.4 Å². The molecule has 0 atom stereocenters. The molecule has 0 saturated carbocycles. The summed E-state index contributed by atoms with van der Waals surface area (Å²) in [5, 5.41) is 0. The highest BCUT2D eigenvalue weighted by molar-refractivity contribution is 6.18. The van der Waals surface area contributed by atoms with E-state index in [1.807, 2.05) is 0 Å². The standard InChI is InChI=1S/C9H10ClF2NO/c1-13(5-10)8-3-7(12)9(14-2)4-6(8)11/h3-4H,5H2,1-2H3. The fourth-order valence-corrected chi connectivity index (χ4v) is 1.16. The van der Waals surface area contributed by atoms with Crippen LogP contribution in [0, 0.1) is 11.6 Å². The highest BCUT2D eigenvalue weighted by Crippen LogP contribution is 2.26. The van der Waals surface area contributed by atoms with E-state index < -0.39 is 11.6 Å². The van der Waals surface area contributed by atoms with Crippen LogP contribution in [0.15, 0.2) is 12.1 Å². The lowest BCUT2D eigenvalue weighted by atomic mass is 10.2. The summed E-state index contributed by atoms with van der Waals surface area (Å²) in [6.45, 7) is 0. The number of nitrogens with zero attached hydrogens (tertiary/aromatic N) is 1. The Bertz CT molecular complexity index is 333. The van der Waals surface area contributed by atoms with E-state index in [4.69, 9.17) is 11.6 Å². The van der Waals surface area contributed by atoms with Gasteiger partial charge in [0.1, 0.15) is 5.82 Å². The van der Waals surface area contributed by atoms with Gasteiger partial charge in [-0.05, 0) is 0 Å². The summed E-state index contributed by atoms with van der Waals surface area (Å²) in [6, 6.07) is 2.13. The Morgan fingerprint density at radius 2 is 2.00 bits per heavy atom. The maximum absolute atomic E-state index is 13.3. The molecule has 0 aliphatic heterocycles. The molecule has 0 aromatic heterocycles. The number of hydrogen-bond donors (Lipinski definition) is 0. The molecule has 0 unspecified atom stereocenters. The molecule has 0 fully saturated rings. The van der Waals surface area contributed by atoms with Crippen LogP contribution in [0.5, 0.6) is 5.75 Å². The van der Waals surface area contributed by atoms with Gasteiger partial charge in [-0.1, -0.05) is 0 Å². The second-order valence-electron chi connectivity index (χ2n) is 2.76. The van der Waals surface area contributed by atoms with Crippen LogP contribution in [0.2, 0.25) is 0 Å². The lowest BCUT2D eigenvalue weighted by molar-refractivity contribution is 0.383. The van der Waals surface area contributed by atoms with Gasteiger partial charge in [-0.3, -0.25) is 0 Å². The molecule has 1 rings (SSSR count). The number of alkyl halides is 1. The van der Waals surface area contributed by atoms with Crippen molar-refractivity contribution in [3.8, 4) is 5.75 Å². The minimum Gasteiger partial charge on any atom is -0.494 e. The number of ether oxygens (including phenoxy) is 1. The van der Waals surface area contributed by atoms with Crippen LogP contribution < -0.4 is 9.64 Å². The molecule has 0 heterocycles. The van der Waals surface area contributed by atoms with Crippen LogP contribution in [0.3, 0.4) is 0 Å². The van der Waals surface area contributed by atoms with E-state index in [0.29, 0.717) is 0 Å². The molecule has 0 N–H and O–H groups in total. The van der Waals surface area contributed by atoms with Gasteiger partial charge in [0.2, 0.25) is 0 Å². The quantitative estimate of drug-likeness (QED) is 0.575. The first-order chi connectivity index (χ1) is 6.60. The minimum absolute atomic E-state index is 0.0860. The topological polar surface area (TPSA) is 12.5 Å². The maximum atomic E-state index is 13.3. The van der Waals surface area contributed by atoms with Crippen LogP contribution in [-0.4, -0.2) is 20.2 Å². The smallest absolute Gasteiger partial charge is 0.167 e. The second-order valence-corrected chi connectivity index (χ2v) is 2.99. The van der Waals surface area contributed by atoms with Crippen LogP contribution in [0.25, 0.3) is 0 Å². The van der Waals surface area contributed by atoms with Crippen LogP contribution in [-0.2, 0) is 0 Å². The van der Waals surface area contributed by atoms with E-state index >= 15 is 0 Å². The molecule has 14 heavy (non-hydrogen) atoms. The Balaban J connectivity index is 3.14. The molecular weight excluding hydrogens is 212 g/mol. The van der Waals surface area contributed by atoms with Gasteiger partial charge in [0.15, 0.2) is 11.6 Å². The predicted octanol–water partition coefficient (Wildman–Crippen LogP) is 2.61. The van der Waals surface area contributed by atoms with E-state index in [9.17, 15) is 8.78 Å². The number of methoxy groups -OCH3 is 1. The highest BCUT2D eigenvalue weighted by Gasteiger charge is 2.12. The molecule has 0 amide bonds. The normalized spacial score (nSPS) is 10.1. The second kappa shape index (κ2) is 4.46. The molecule has 1 aromatic rings. The third kappa shape index (κ3) is 2.07. The lowest BCUT2D eigenvalue weighted by Crippen LogP contribution is -2.16. The average molecular weight is 222 g/mol. The van der Waals surface area contributed by atoms with Crippen molar-refractivity contribution >= 4 is 17.3 Å². The van der Waals surface area contributed by atoms with Gasteiger partial charge in [0.25, 0.3) is 0 Å². The Morgan fingerprint density at radius 1 is 1.36 bits per heavy atom. The monoisotopic (exact) mass is 221 g/mol. The molecule has 78 valence electrons. The summed E-state index contributed by atoms with van der Waals surface area (Å²) in [5.41, 5.74) is 0.110. The largest absolute Gasteiger partial charge is 0.494 e. The number of hydrogen-bond acceptors (Lipinski definition) is 2. The van der Waals surface area contributed by atoms with Crippen LogP contribution in [0.1, 0.15) is 0 Å². The molecule has 5 heteroatoms. The Labute approximate surface area is 86.0 Å². The zero-order chi connectivity index (χ0) is 10.7. The number of halogens is 3. The average Bonchev–Trinajstić information content (AvgIpc) is 2.19. The van der Waals surface area contributed by atoms with Gasteiger partial charge in [0.05, 0.1) is 18.8 Å². The summed E-state index contributed by atoms with van der Waals surface area (Å²) in [4.78, 5) is 1.39. The zero-order valence-corrected chi connectivity index (χ0v) is 8.61. The molecule has 0 bridgehead atoms. The van der Waals surface area contributed by atoms with Gasteiger partial charge in [-0.25, -0.2) is 8.78 Å². The summed E-state index contributed by atoms with van der Waals surface area (Å²) in [5.74, 6) is -1.29. The van der Waals surface area contributed by atoms with Crippen molar-refractivity contribution in [1.29, 1.82) is 0 Å². The number of rotatable bonds is 3. The van der Waals surface area contributed by atoms with E-state index in [1.54, 1.807) is 7.05 Å². The molecule has 0 spiro atoms. The molecule has 1 aromatic carbocycles. The SMILES string of the molecule is COc1cc(F)c(N(C)CCl)cc1F. The summed E-state index contributed by atoms with van der Waals surface area (Å²) in [7, 11) is 2.85. The van der Waals surface area contributed by atoms with Crippen molar-refractivity contribution in [3.05, 3.63) is 23.8 Å². The van der Waals surface area contributed by atoms with Gasteiger partial charge >= 0.3 is 0 Å². The van der Waals surface area contributed by atoms with Gasteiger partial charge in [0, 0.05) is 19.2 Å². The Hall–Kier alpha value is -1.03. The van der Waals surface area contributed by atoms with Crippen LogP contribution >= 0.6 is 11.6 Å². The van der Waals surface area contributed by atoms with Crippen molar-refractivity contribution < 1.29 is 13.5 Å². The molecule has 0 saturated heterocycles. The first-order valence-corrected chi connectivity index (χ1v) is 4.43. The van der Waals surface area contributed by atoms with E-state index in [2.05, 4.69) is 4.74 Å². The minimum atomic E-state index is -0.610. The zero-order valence-electron chi connectivity index (χ0n) is 7.85. The van der Waals surface area contributed by atoms with Gasteiger partial charge in [-0.15, -0.1) is 11.6 Å². The first-order valence-electron chi connectivity index (χ1n) is 3.90. The molecule has 0 aliphatic rings. The number of anilines is 1. The third-order valence-electron chi connectivity index (χ3n) is 1.81. The van der Waals surface area contributed by atoms with Crippen molar-refractivity contribution in [2.24, 2.45) is 0 Å². The van der Waals surface area contributed by atoms with E-state index in [1.165, 1.54) is 12.0 Å². The fourth-order valence-electron chi connectivity index (χ4n) is 1.03. The molecule has 2 nitrogen and oxygen atoms in total. The number of benzene rings is 1. The maximum Gasteiger partial charge on any atom is 0.167 e. The lowest BCUT2D eigenvalue weighted by Gasteiger charge is -2.17. The summed E-state index contributed by atoms with van der Waals surface area (Å²) in [6.07, 6.45) is 0. The van der Waals surface area contributed by atoms with Gasteiger partial charge in [-0.2, -0.15) is 0 Å². The summed E-state index contributed by atoms with van der Waals surface area (Å²) >= 11 is 5.49. The predicted molar refractivity (Wildman–Crippen MR) is 52.0 cm³/mol.